The monoisotopic (exact) mass is 195 g/mol. The smallest absolute Gasteiger partial charge is 0.176 e. The van der Waals surface area contributed by atoms with Crippen molar-refractivity contribution in [2.45, 2.75) is 11.8 Å². The highest BCUT2D eigenvalue weighted by Gasteiger charge is 2.12. The lowest BCUT2D eigenvalue weighted by molar-refractivity contribution is 0.601. The first-order valence-corrected chi connectivity index (χ1v) is 5.55. The Hall–Kier alpha value is -1.34. The zero-order chi connectivity index (χ0) is 10.1. The lowest BCUT2D eigenvalue weighted by Gasteiger charge is -2.01. The molecule has 68 valence electrons. The van der Waals surface area contributed by atoms with Crippen molar-refractivity contribution in [1.82, 2.24) is 0 Å². The first-order chi connectivity index (χ1) is 5.95. The normalized spacial score (nSPS) is 10.8. The molecule has 1 aromatic carbocycles. The Morgan fingerprint density at radius 3 is 2.46 bits per heavy atom. The van der Waals surface area contributed by atoms with E-state index in [0.717, 1.165) is 11.8 Å². The Labute approximate surface area is 77.5 Å². The summed E-state index contributed by atoms with van der Waals surface area (Å²) in [4.78, 5) is 0.0978. The zero-order valence-corrected chi connectivity index (χ0v) is 8.22. The minimum absolute atomic E-state index is 0.0978. The molecule has 0 aromatic heterocycles. The van der Waals surface area contributed by atoms with E-state index in [1.54, 1.807) is 12.1 Å². The maximum atomic E-state index is 11.2. The number of sulfone groups is 1. The van der Waals surface area contributed by atoms with E-state index in [2.05, 4.69) is 0 Å². The molecule has 13 heavy (non-hydrogen) atoms. The van der Waals surface area contributed by atoms with Crippen LogP contribution in [0.5, 0.6) is 0 Å². The van der Waals surface area contributed by atoms with Crippen molar-refractivity contribution in [2.75, 3.05) is 6.26 Å². The molecular weight excluding hydrogens is 186 g/mol. The fraction of sp³-hybridized carbons (Fsp3) is 0.222. The second-order valence-corrected chi connectivity index (χ2v) is 4.87. The van der Waals surface area contributed by atoms with E-state index in [0.29, 0.717) is 0 Å². The molecule has 0 radical (unpaired) electrons. The van der Waals surface area contributed by atoms with Crippen LogP contribution in [0.1, 0.15) is 11.1 Å². The van der Waals surface area contributed by atoms with Crippen LogP contribution in [0.2, 0.25) is 0 Å². The van der Waals surface area contributed by atoms with Crippen molar-refractivity contribution < 1.29 is 8.42 Å². The van der Waals surface area contributed by atoms with Gasteiger partial charge in [-0.05, 0) is 24.6 Å². The lowest BCUT2D eigenvalue weighted by atomic mass is 10.2. The van der Waals surface area contributed by atoms with E-state index >= 15 is 0 Å². The summed E-state index contributed by atoms with van der Waals surface area (Å²) in [5.41, 5.74) is 1.09. The highest BCUT2D eigenvalue weighted by molar-refractivity contribution is 7.90. The molecule has 0 unspecified atom stereocenters. The topological polar surface area (TPSA) is 57.9 Å². The minimum Gasteiger partial charge on any atom is -0.224 e. The number of hydrogen-bond acceptors (Lipinski definition) is 3. The second-order valence-electron chi connectivity index (χ2n) is 2.88. The molecule has 0 spiro atoms. The van der Waals surface area contributed by atoms with Crippen molar-refractivity contribution >= 4 is 9.84 Å². The van der Waals surface area contributed by atoms with Crippen LogP contribution in [0.25, 0.3) is 0 Å². The third-order valence-corrected chi connectivity index (χ3v) is 2.81. The summed E-state index contributed by atoms with van der Waals surface area (Å²) in [7, 11) is -3.28. The quantitative estimate of drug-likeness (QED) is 0.678. The fourth-order valence-corrected chi connectivity index (χ4v) is 1.87. The molecule has 1 rings (SSSR count). The van der Waals surface area contributed by atoms with Crippen LogP contribution in [0.15, 0.2) is 23.1 Å². The molecule has 0 saturated carbocycles. The first kappa shape index (κ1) is 9.75. The number of benzene rings is 1. The second kappa shape index (κ2) is 3.19. The van der Waals surface area contributed by atoms with Gasteiger partial charge in [-0.15, -0.1) is 0 Å². The van der Waals surface area contributed by atoms with E-state index in [1.165, 1.54) is 6.07 Å². The summed E-state index contributed by atoms with van der Waals surface area (Å²) < 4.78 is 22.3. The summed E-state index contributed by atoms with van der Waals surface area (Å²) in [5, 5.41) is 8.69. The fourth-order valence-electron chi connectivity index (χ4n) is 1.05. The molecule has 0 atom stereocenters. The molecule has 3 nitrogen and oxygen atoms in total. The van der Waals surface area contributed by atoms with E-state index in [-0.39, 0.29) is 10.5 Å². The molecule has 4 heteroatoms. The molecule has 0 aliphatic carbocycles. The van der Waals surface area contributed by atoms with Crippen LogP contribution in [0, 0.1) is 18.3 Å². The van der Waals surface area contributed by atoms with Gasteiger partial charge in [-0.25, -0.2) is 8.42 Å². The summed E-state index contributed by atoms with van der Waals surface area (Å²) in [5.74, 6) is 0. The SMILES string of the molecule is Cc1ccc(S(C)(=O)=O)c(C#N)c1. The molecule has 0 fully saturated rings. The van der Waals surface area contributed by atoms with Gasteiger partial charge in [0.05, 0.1) is 10.5 Å². The van der Waals surface area contributed by atoms with E-state index < -0.39 is 9.84 Å². The number of rotatable bonds is 1. The van der Waals surface area contributed by atoms with Crippen molar-refractivity contribution in [3.8, 4) is 6.07 Å². The first-order valence-electron chi connectivity index (χ1n) is 3.66. The van der Waals surface area contributed by atoms with Gasteiger partial charge in [0.15, 0.2) is 9.84 Å². The van der Waals surface area contributed by atoms with Crippen LogP contribution in [-0.4, -0.2) is 14.7 Å². The maximum Gasteiger partial charge on any atom is 0.176 e. The van der Waals surface area contributed by atoms with Gasteiger partial charge < -0.3 is 0 Å². The van der Waals surface area contributed by atoms with E-state index in [4.69, 9.17) is 5.26 Å². The summed E-state index contributed by atoms with van der Waals surface area (Å²) >= 11 is 0. The molecule has 0 saturated heterocycles. The number of nitrogens with zero attached hydrogens (tertiary/aromatic N) is 1. The molecule has 0 bridgehead atoms. The van der Waals surface area contributed by atoms with E-state index in [9.17, 15) is 8.42 Å². The average Bonchev–Trinajstić information content (AvgIpc) is 2.01. The molecule has 0 aliphatic rings. The van der Waals surface area contributed by atoms with Crippen molar-refractivity contribution in [3.63, 3.8) is 0 Å². The lowest BCUT2D eigenvalue weighted by Crippen LogP contribution is -2.00. The van der Waals surface area contributed by atoms with Gasteiger partial charge in [-0.2, -0.15) is 5.26 Å². The minimum atomic E-state index is -3.28. The van der Waals surface area contributed by atoms with Gasteiger partial charge in [-0.3, -0.25) is 0 Å². The highest BCUT2D eigenvalue weighted by Crippen LogP contribution is 2.15. The van der Waals surface area contributed by atoms with Crippen LogP contribution >= 0.6 is 0 Å². The molecule has 0 N–H and O–H groups in total. The predicted octanol–water partition coefficient (Wildman–Crippen LogP) is 1.27. The van der Waals surface area contributed by atoms with Crippen LogP contribution < -0.4 is 0 Å². The summed E-state index contributed by atoms with van der Waals surface area (Å²) in [6.07, 6.45) is 1.10. The predicted molar refractivity (Wildman–Crippen MR) is 49.0 cm³/mol. The number of nitriles is 1. The largest absolute Gasteiger partial charge is 0.224 e. The van der Waals surface area contributed by atoms with Gasteiger partial charge in [0, 0.05) is 6.26 Å². The third-order valence-electron chi connectivity index (χ3n) is 1.65. The van der Waals surface area contributed by atoms with Crippen LogP contribution in [-0.2, 0) is 9.84 Å². The molecule has 0 heterocycles. The maximum absolute atomic E-state index is 11.2. The third kappa shape index (κ3) is 2.07. The molecule has 0 amide bonds. The zero-order valence-electron chi connectivity index (χ0n) is 7.40. The van der Waals surface area contributed by atoms with Gasteiger partial charge in [0.1, 0.15) is 6.07 Å². The molecular formula is C9H9NO2S. The van der Waals surface area contributed by atoms with Gasteiger partial charge in [0.25, 0.3) is 0 Å². The van der Waals surface area contributed by atoms with Crippen molar-refractivity contribution in [1.29, 1.82) is 5.26 Å². The Balaban J connectivity index is 3.50. The van der Waals surface area contributed by atoms with Crippen LogP contribution in [0.3, 0.4) is 0 Å². The van der Waals surface area contributed by atoms with Crippen LogP contribution in [0.4, 0.5) is 0 Å². The molecule has 1 aromatic rings. The Bertz CT molecular complexity index is 469. The Kier molecular flexibility index (Phi) is 2.39. The van der Waals surface area contributed by atoms with E-state index in [1.807, 2.05) is 13.0 Å². The molecule has 0 aliphatic heterocycles. The Morgan fingerprint density at radius 1 is 1.38 bits per heavy atom. The highest BCUT2D eigenvalue weighted by atomic mass is 32.2. The average molecular weight is 195 g/mol. The van der Waals surface area contributed by atoms with Crippen molar-refractivity contribution in [3.05, 3.63) is 29.3 Å². The summed E-state index contributed by atoms with van der Waals surface area (Å²) in [6.45, 7) is 1.81. The van der Waals surface area contributed by atoms with Crippen molar-refractivity contribution in [2.24, 2.45) is 0 Å². The van der Waals surface area contributed by atoms with Gasteiger partial charge in [-0.1, -0.05) is 6.07 Å². The number of aryl methyl sites for hydroxylation is 1. The summed E-state index contributed by atoms with van der Waals surface area (Å²) in [6, 6.07) is 6.57. The number of hydrogen-bond donors (Lipinski definition) is 0. The van der Waals surface area contributed by atoms with Gasteiger partial charge in [0.2, 0.25) is 0 Å². The Morgan fingerprint density at radius 2 is 2.00 bits per heavy atom. The standard InChI is InChI=1S/C9H9NO2S/c1-7-3-4-9(13(2,11)12)8(5-7)6-10/h3-5H,1-2H3. The van der Waals surface area contributed by atoms with Gasteiger partial charge >= 0.3 is 0 Å².